The van der Waals surface area contributed by atoms with Gasteiger partial charge in [-0.2, -0.15) is 0 Å². The minimum absolute atomic E-state index is 0.628. The highest BCUT2D eigenvalue weighted by atomic mass is 32.1. The lowest BCUT2D eigenvalue weighted by molar-refractivity contribution is 1.38. The molecule has 0 unspecified atom stereocenters. The SMILES string of the molecule is Cc1cccc(C)c1-c1ccc2nc(N)sc2c1. The number of aromatic nitrogens is 1. The summed E-state index contributed by atoms with van der Waals surface area (Å²) in [7, 11) is 0. The van der Waals surface area contributed by atoms with Gasteiger partial charge in [-0.3, -0.25) is 0 Å². The van der Waals surface area contributed by atoms with Gasteiger partial charge < -0.3 is 5.73 Å². The second-order valence-corrected chi connectivity index (χ2v) is 5.56. The fourth-order valence-electron chi connectivity index (χ4n) is 2.37. The van der Waals surface area contributed by atoms with Gasteiger partial charge in [0.1, 0.15) is 0 Å². The summed E-state index contributed by atoms with van der Waals surface area (Å²) in [6, 6.07) is 12.7. The van der Waals surface area contributed by atoms with Gasteiger partial charge in [0, 0.05) is 0 Å². The van der Waals surface area contributed by atoms with Gasteiger partial charge in [0.2, 0.25) is 0 Å². The predicted octanol–water partition coefficient (Wildman–Crippen LogP) is 4.16. The van der Waals surface area contributed by atoms with Gasteiger partial charge in [-0.05, 0) is 48.2 Å². The van der Waals surface area contributed by atoms with E-state index in [-0.39, 0.29) is 0 Å². The van der Waals surface area contributed by atoms with Crippen molar-refractivity contribution in [2.45, 2.75) is 13.8 Å². The summed E-state index contributed by atoms with van der Waals surface area (Å²) >= 11 is 1.54. The van der Waals surface area contributed by atoms with Crippen molar-refractivity contribution < 1.29 is 0 Å². The fourth-order valence-corrected chi connectivity index (χ4v) is 3.14. The van der Waals surface area contributed by atoms with Crippen molar-refractivity contribution in [2.24, 2.45) is 0 Å². The number of rotatable bonds is 1. The van der Waals surface area contributed by atoms with Gasteiger partial charge in [0.15, 0.2) is 5.13 Å². The average molecular weight is 254 g/mol. The molecule has 1 heterocycles. The first-order valence-electron chi connectivity index (χ1n) is 5.88. The molecule has 0 bridgehead atoms. The lowest BCUT2D eigenvalue weighted by Crippen LogP contribution is -1.87. The molecule has 0 atom stereocenters. The fraction of sp³-hybridized carbons (Fsp3) is 0.133. The van der Waals surface area contributed by atoms with E-state index in [1.54, 1.807) is 0 Å². The van der Waals surface area contributed by atoms with Gasteiger partial charge in [0.25, 0.3) is 0 Å². The molecule has 3 rings (SSSR count). The van der Waals surface area contributed by atoms with E-state index in [0.29, 0.717) is 5.13 Å². The van der Waals surface area contributed by atoms with Gasteiger partial charge in [-0.25, -0.2) is 4.98 Å². The van der Waals surface area contributed by atoms with E-state index in [1.807, 2.05) is 6.07 Å². The predicted molar refractivity (Wildman–Crippen MR) is 78.9 cm³/mol. The number of fused-ring (bicyclic) bond motifs is 1. The van der Waals surface area contributed by atoms with Crippen molar-refractivity contribution in [2.75, 3.05) is 5.73 Å². The average Bonchev–Trinajstić information content (AvgIpc) is 2.68. The molecule has 3 heteroatoms. The van der Waals surface area contributed by atoms with Gasteiger partial charge in [0.05, 0.1) is 10.2 Å². The molecule has 0 saturated carbocycles. The first kappa shape index (κ1) is 11.2. The van der Waals surface area contributed by atoms with Gasteiger partial charge >= 0.3 is 0 Å². The standard InChI is InChI=1S/C15H14N2S/c1-9-4-3-5-10(2)14(9)11-6-7-12-13(8-11)18-15(16)17-12/h3-8H,1-2H3,(H2,16,17). The maximum absolute atomic E-state index is 5.75. The molecule has 0 amide bonds. The molecule has 2 nitrogen and oxygen atoms in total. The highest BCUT2D eigenvalue weighted by molar-refractivity contribution is 7.22. The summed E-state index contributed by atoms with van der Waals surface area (Å²) in [6.45, 7) is 4.29. The largest absolute Gasteiger partial charge is 0.375 e. The van der Waals surface area contributed by atoms with Crippen LogP contribution in [0, 0.1) is 13.8 Å². The topological polar surface area (TPSA) is 38.9 Å². The van der Waals surface area contributed by atoms with E-state index in [2.05, 4.69) is 49.2 Å². The molecule has 0 radical (unpaired) electrons. The van der Waals surface area contributed by atoms with E-state index in [1.165, 1.54) is 33.6 Å². The van der Waals surface area contributed by atoms with E-state index in [9.17, 15) is 0 Å². The number of thiazole rings is 1. The van der Waals surface area contributed by atoms with Crippen LogP contribution in [-0.4, -0.2) is 4.98 Å². The lowest BCUT2D eigenvalue weighted by Gasteiger charge is -2.09. The van der Waals surface area contributed by atoms with Gasteiger partial charge in [-0.15, -0.1) is 0 Å². The van der Waals surface area contributed by atoms with Crippen molar-refractivity contribution >= 4 is 26.7 Å². The van der Waals surface area contributed by atoms with Crippen LogP contribution in [0.5, 0.6) is 0 Å². The molecule has 0 spiro atoms. The first-order chi connectivity index (χ1) is 8.65. The Morgan fingerprint density at radius 2 is 1.78 bits per heavy atom. The Hall–Kier alpha value is -1.87. The molecule has 0 aliphatic rings. The number of aryl methyl sites for hydroxylation is 2. The number of hydrogen-bond donors (Lipinski definition) is 1. The van der Waals surface area contributed by atoms with Crippen LogP contribution in [-0.2, 0) is 0 Å². The minimum atomic E-state index is 0.628. The van der Waals surface area contributed by atoms with Crippen molar-refractivity contribution in [3.8, 4) is 11.1 Å². The zero-order chi connectivity index (χ0) is 12.7. The number of nitrogens with two attached hydrogens (primary N) is 1. The Morgan fingerprint density at radius 3 is 2.50 bits per heavy atom. The molecule has 2 aromatic carbocycles. The monoisotopic (exact) mass is 254 g/mol. The molecule has 90 valence electrons. The van der Waals surface area contributed by atoms with Crippen molar-refractivity contribution in [3.63, 3.8) is 0 Å². The molecule has 0 aliphatic carbocycles. The molecule has 2 N–H and O–H groups in total. The molecule has 0 saturated heterocycles. The minimum Gasteiger partial charge on any atom is -0.375 e. The number of hydrogen-bond acceptors (Lipinski definition) is 3. The summed E-state index contributed by atoms with van der Waals surface area (Å²) in [5, 5.41) is 0.628. The van der Waals surface area contributed by atoms with Crippen LogP contribution >= 0.6 is 11.3 Å². The molecular formula is C15H14N2S. The zero-order valence-corrected chi connectivity index (χ0v) is 11.2. The number of benzene rings is 2. The van der Waals surface area contributed by atoms with Crippen LogP contribution in [0.4, 0.5) is 5.13 Å². The first-order valence-corrected chi connectivity index (χ1v) is 6.69. The van der Waals surface area contributed by atoms with Crippen LogP contribution in [0.1, 0.15) is 11.1 Å². The quantitative estimate of drug-likeness (QED) is 0.708. The maximum Gasteiger partial charge on any atom is 0.181 e. The third-order valence-electron chi connectivity index (χ3n) is 3.17. The van der Waals surface area contributed by atoms with Crippen molar-refractivity contribution in [1.82, 2.24) is 4.98 Å². The Balaban J connectivity index is 2.25. The van der Waals surface area contributed by atoms with E-state index in [0.717, 1.165) is 10.2 Å². The van der Waals surface area contributed by atoms with E-state index < -0.39 is 0 Å². The van der Waals surface area contributed by atoms with E-state index in [4.69, 9.17) is 5.73 Å². The summed E-state index contributed by atoms with van der Waals surface area (Å²) < 4.78 is 1.15. The normalized spacial score (nSPS) is 11.0. The molecule has 0 fully saturated rings. The van der Waals surface area contributed by atoms with Crippen LogP contribution in [0.15, 0.2) is 36.4 Å². The van der Waals surface area contributed by atoms with Crippen LogP contribution < -0.4 is 5.73 Å². The van der Waals surface area contributed by atoms with Crippen LogP contribution in [0.25, 0.3) is 21.3 Å². The van der Waals surface area contributed by atoms with Gasteiger partial charge in [-0.1, -0.05) is 35.6 Å². The highest BCUT2D eigenvalue weighted by Gasteiger charge is 2.07. The number of nitrogens with zero attached hydrogens (tertiary/aromatic N) is 1. The second kappa shape index (κ2) is 4.10. The molecule has 18 heavy (non-hydrogen) atoms. The van der Waals surface area contributed by atoms with Crippen LogP contribution in [0.3, 0.4) is 0 Å². The summed E-state index contributed by atoms with van der Waals surface area (Å²) in [5.41, 5.74) is 11.9. The maximum atomic E-state index is 5.75. The summed E-state index contributed by atoms with van der Waals surface area (Å²) in [4.78, 5) is 4.29. The highest BCUT2D eigenvalue weighted by Crippen LogP contribution is 2.32. The number of nitrogen functional groups attached to an aromatic ring is 1. The van der Waals surface area contributed by atoms with E-state index >= 15 is 0 Å². The Bertz CT molecular complexity index is 708. The molecule has 0 aliphatic heterocycles. The van der Waals surface area contributed by atoms with Crippen molar-refractivity contribution in [1.29, 1.82) is 0 Å². The summed E-state index contributed by atoms with van der Waals surface area (Å²) in [5.74, 6) is 0. The second-order valence-electron chi connectivity index (χ2n) is 4.50. The molecule has 3 aromatic rings. The van der Waals surface area contributed by atoms with Crippen molar-refractivity contribution in [3.05, 3.63) is 47.5 Å². The molecular weight excluding hydrogens is 240 g/mol. The third-order valence-corrected chi connectivity index (χ3v) is 4.02. The zero-order valence-electron chi connectivity index (χ0n) is 10.4. The smallest absolute Gasteiger partial charge is 0.181 e. The molecule has 1 aromatic heterocycles. The summed E-state index contributed by atoms with van der Waals surface area (Å²) in [6.07, 6.45) is 0. The Kier molecular flexibility index (Phi) is 2.56. The lowest BCUT2D eigenvalue weighted by atomic mass is 9.96. The number of anilines is 1. The Morgan fingerprint density at radius 1 is 1.06 bits per heavy atom. The Labute approximate surface area is 110 Å². The third kappa shape index (κ3) is 1.77. The van der Waals surface area contributed by atoms with Crippen LogP contribution in [0.2, 0.25) is 0 Å².